The number of fused-ring (bicyclic) bond motifs is 1. The lowest BCUT2D eigenvalue weighted by Crippen LogP contribution is -2.24. The lowest BCUT2D eigenvalue weighted by Gasteiger charge is -2.18. The summed E-state index contributed by atoms with van der Waals surface area (Å²) < 4.78 is 2.41. The number of benzene rings is 2. The number of aromatic nitrogens is 2. The molecule has 1 unspecified atom stereocenters. The Labute approximate surface area is 230 Å². The summed E-state index contributed by atoms with van der Waals surface area (Å²) in [4.78, 5) is 20.0. The van der Waals surface area contributed by atoms with E-state index in [1.54, 1.807) is 0 Å². The minimum atomic E-state index is 0.141. The zero-order valence-corrected chi connectivity index (χ0v) is 24.0. The van der Waals surface area contributed by atoms with Gasteiger partial charge in [-0.25, -0.2) is 4.98 Å². The van der Waals surface area contributed by atoms with Crippen LogP contribution < -0.4 is 4.90 Å². The largest absolute Gasteiger partial charge is 0.328 e. The Morgan fingerprint density at radius 2 is 1.42 bits per heavy atom. The molecule has 0 N–H and O–H groups in total. The third-order valence-electron chi connectivity index (χ3n) is 8.22. The number of carbonyl (C=O) groups is 1. The van der Waals surface area contributed by atoms with Gasteiger partial charge in [-0.1, -0.05) is 115 Å². The Hall–Kier alpha value is -2.62. The van der Waals surface area contributed by atoms with E-state index >= 15 is 0 Å². The monoisotopic (exact) mass is 515 g/mol. The predicted molar refractivity (Wildman–Crippen MR) is 161 cm³/mol. The van der Waals surface area contributed by atoms with Crippen molar-refractivity contribution < 1.29 is 4.79 Å². The Balaban J connectivity index is 1.22. The molecule has 1 aliphatic heterocycles. The van der Waals surface area contributed by atoms with Crippen LogP contribution in [0.4, 0.5) is 5.69 Å². The van der Waals surface area contributed by atoms with E-state index < -0.39 is 0 Å². The number of anilines is 1. The molecule has 0 spiro atoms. The number of hydrogen-bond donors (Lipinski definition) is 0. The van der Waals surface area contributed by atoms with Crippen LogP contribution >= 0.6 is 0 Å². The van der Waals surface area contributed by atoms with Gasteiger partial charge in [0.1, 0.15) is 5.82 Å². The number of rotatable bonds is 17. The normalized spacial score (nSPS) is 15.7. The minimum Gasteiger partial charge on any atom is -0.328 e. The van der Waals surface area contributed by atoms with E-state index in [0.717, 1.165) is 23.6 Å². The average molecular weight is 516 g/mol. The molecule has 0 bridgehead atoms. The average Bonchev–Trinajstić information content (AvgIpc) is 3.49. The second kappa shape index (κ2) is 15.1. The van der Waals surface area contributed by atoms with Crippen LogP contribution in [0.3, 0.4) is 0 Å². The maximum atomic E-state index is 13.0. The number of nitrogens with zero attached hydrogens (tertiary/aromatic N) is 3. The fourth-order valence-corrected chi connectivity index (χ4v) is 6.03. The summed E-state index contributed by atoms with van der Waals surface area (Å²) in [5.41, 5.74) is 4.45. The highest BCUT2D eigenvalue weighted by molar-refractivity contribution is 5.96. The molecule has 1 aliphatic rings. The third-order valence-corrected chi connectivity index (χ3v) is 8.22. The van der Waals surface area contributed by atoms with E-state index in [0.29, 0.717) is 13.0 Å². The highest BCUT2D eigenvalue weighted by Crippen LogP contribution is 2.33. The van der Waals surface area contributed by atoms with Crippen LogP contribution in [0, 0.1) is 6.92 Å². The maximum Gasteiger partial charge on any atom is 0.227 e. The Kier molecular flexibility index (Phi) is 11.3. The summed E-state index contributed by atoms with van der Waals surface area (Å²) in [7, 11) is 0. The van der Waals surface area contributed by atoms with E-state index in [9.17, 15) is 4.79 Å². The molecule has 206 valence electrons. The zero-order chi connectivity index (χ0) is 26.6. The topological polar surface area (TPSA) is 38.1 Å². The van der Waals surface area contributed by atoms with Gasteiger partial charge in [0.25, 0.3) is 0 Å². The van der Waals surface area contributed by atoms with Gasteiger partial charge in [-0.05, 0) is 43.2 Å². The molecule has 4 rings (SSSR count). The summed E-state index contributed by atoms with van der Waals surface area (Å²) >= 11 is 0. The molecule has 1 saturated heterocycles. The van der Waals surface area contributed by atoms with E-state index in [1.807, 2.05) is 17.0 Å². The van der Waals surface area contributed by atoms with Crippen molar-refractivity contribution in [2.45, 2.75) is 123 Å². The molecule has 1 aromatic heterocycles. The van der Waals surface area contributed by atoms with Gasteiger partial charge in [0, 0.05) is 31.1 Å². The summed E-state index contributed by atoms with van der Waals surface area (Å²) in [6.07, 6.45) is 19.8. The molecule has 2 heterocycles. The molecular formula is C34H49N3O. The molecule has 0 aliphatic carbocycles. The smallest absolute Gasteiger partial charge is 0.227 e. The van der Waals surface area contributed by atoms with E-state index in [1.165, 1.54) is 101 Å². The molecular weight excluding hydrogens is 466 g/mol. The summed E-state index contributed by atoms with van der Waals surface area (Å²) in [6, 6.07) is 16.7. The molecule has 38 heavy (non-hydrogen) atoms. The van der Waals surface area contributed by atoms with Crippen molar-refractivity contribution in [2.75, 3.05) is 11.4 Å². The molecule has 0 radical (unpaired) electrons. The quantitative estimate of drug-likeness (QED) is 0.168. The molecule has 1 fully saturated rings. The highest BCUT2D eigenvalue weighted by Gasteiger charge is 2.34. The van der Waals surface area contributed by atoms with Gasteiger partial charge in [-0.2, -0.15) is 0 Å². The standard InChI is InChI=1S/C34H49N3O/c1-3-4-5-6-7-8-9-10-11-12-13-14-15-18-24-36-32-23-17-16-22-31(32)35-34(36)29-26-33(38)37(27-29)30-21-19-20-28(2)25-30/h16-17,19-23,25,29H,3-15,18,24,26-27H2,1-2H3. The lowest BCUT2D eigenvalue weighted by molar-refractivity contribution is -0.117. The number of para-hydroxylation sites is 2. The Morgan fingerprint density at radius 3 is 2.08 bits per heavy atom. The van der Waals surface area contributed by atoms with Crippen LogP contribution in [0.2, 0.25) is 0 Å². The molecule has 2 aromatic carbocycles. The van der Waals surface area contributed by atoms with Crippen LogP contribution in [0.1, 0.15) is 121 Å². The van der Waals surface area contributed by atoms with Gasteiger partial charge >= 0.3 is 0 Å². The molecule has 0 saturated carbocycles. The minimum absolute atomic E-state index is 0.141. The lowest BCUT2D eigenvalue weighted by atomic mass is 10.0. The molecule has 4 heteroatoms. The first kappa shape index (κ1) is 28.4. The fourth-order valence-electron chi connectivity index (χ4n) is 6.03. The van der Waals surface area contributed by atoms with Crippen LogP contribution in [0.25, 0.3) is 11.0 Å². The summed E-state index contributed by atoms with van der Waals surface area (Å²) in [5, 5.41) is 0. The molecule has 1 atom stereocenters. The predicted octanol–water partition coefficient (Wildman–Crippen LogP) is 9.35. The molecule has 3 aromatic rings. The first-order valence-electron chi connectivity index (χ1n) is 15.5. The van der Waals surface area contributed by atoms with Gasteiger partial charge < -0.3 is 9.47 Å². The molecule has 1 amide bonds. The van der Waals surface area contributed by atoms with Crippen molar-refractivity contribution in [3.63, 3.8) is 0 Å². The third kappa shape index (κ3) is 7.94. The first-order valence-corrected chi connectivity index (χ1v) is 15.5. The number of imidazole rings is 1. The summed E-state index contributed by atoms with van der Waals surface area (Å²) in [6.45, 7) is 6.07. The SMILES string of the molecule is CCCCCCCCCCCCCCCCn1c(C2CC(=O)N(c3cccc(C)c3)C2)nc2ccccc21. The number of carbonyl (C=O) groups excluding carboxylic acids is 1. The number of unbranched alkanes of at least 4 members (excludes halogenated alkanes) is 13. The van der Waals surface area contributed by atoms with Gasteiger partial charge in [-0.3, -0.25) is 4.79 Å². The van der Waals surface area contributed by atoms with E-state index in [4.69, 9.17) is 4.98 Å². The number of hydrogen-bond acceptors (Lipinski definition) is 2. The fraction of sp³-hybridized carbons (Fsp3) is 0.588. The zero-order valence-electron chi connectivity index (χ0n) is 24.0. The van der Waals surface area contributed by atoms with Crippen molar-refractivity contribution in [3.8, 4) is 0 Å². The van der Waals surface area contributed by atoms with Crippen molar-refractivity contribution in [3.05, 3.63) is 59.9 Å². The summed E-state index contributed by atoms with van der Waals surface area (Å²) in [5.74, 6) is 1.43. The second-order valence-electron chi connectivity index (χ2n) is 11.5. The maximum absolute atomic E-state index is 13.0. The second-order valence-corrected chi connectivity index (χ2v) is 11.5. The van der Waals surface area contributed by atoms with Crippen molar-refractivity contribution >= 4 is 22.6 Å². The highest BCUT2D eigenvalue weighted by atomic mass is 16.2. The first-order chi connectivity index (χ1) is 18.7. The van der Waals surface area contributed by atoms with Gasteiger partial charge in [0.15, 0.2) is 0 Å². The Morgan fingerprint density at radius 1 is 0.789 bits per heavy atom. The number of amides is 1. The van der Waals surface area contributed by atoms with Gasteiger partial charge in [-0.15, -0.1) is 0 Å². The van der Waals surface area contributed by atoms with Gasteiger partial charge in [0.2, 0.25) is 5.91 Å². The van der Waals surface area contributed by atoms with Crippen LogP contribution in [-0.4, -0.2) is 22.0 Å². The van der Waals surface area contributed by atoms with Crippen LogP contribution in [-0.2, 0) is 11.3 Å². The number of aryl methyl sites for hydroxylation is 2. The van der Waals surface area contributed by atoms with Crippen LogP contribution in [0.15, 0.2) is 48.5 Å². The van der Waals surface area contributed by atoms with E-state index in [-0.39, 0.29) is 11.8 Å². The Bertz CT molecular complexity index is 1130. The molecule has 4 nitrogen and oxygen atoms in total. The van der Waals surface area contributed by atoms with Crippen LogP contribution in [0.5, 0.6) is 0 Å². The van der Waals surface area contributed by atoms with Crippen molar-refractivity contribution in [1.29, 1.82) is 0 Å². The van der Waals surface area contributed by atoms with Crippen molar-refractivity contribution in [2.24, 2.45) is 0 Å². The van der Waals surface area contributed by atoms with Crippen molar-refractivity contribution in [1.82, 2.24) is 9.55 Å². The van der Waals surface area contributed by atoms with E-state index in [2.05, 4.69) is 54.8 Å². The van der Waals surface area contributed by atoms with Gasteiger partial charge in [0.05, 0.1) is 11.0 Å².